The fourth-order valence-corrected chi connectivity index (χ4v) is 5.75. The molecule has 4 rings (SSSR count). The third kappa shape index (κ3) is 4.65. The zero-order valence-corrected chi connectivity index (χ0v) is 19.9. The Kier molecular flexibility index (Phi) is 6.27. The van der Waals surface area contributed by atoms with Crippen molar-refractivity contribution in [3.8, 4) is 0 Å². The van der Waals surface area contributed by atoms with Gasteiger partial charge >= 0.3 is 0 Å². The zero-order valence-electron chi connectivity index (χ0n) is 19.0. The van der Waals surface area contributed by atoms with E-state index in [4.69, 9.17) is 0 Å². The van der Waals surface area contributed by atoms with E-state index in [0.29, 0.717) is 29.7 Å². The molecule has 1 aliphatic rings. The van der Waals surface area contributed by atoms with Crippen LogP contribution in [0.5, 0.6) is 0 Å². The van der Waals surface area contributed by atoms with E-state index in [9.17, 15) is 18.0 Å². The molecule has 0 aliphatic carbocycles. The Bertz CT molecular complexity index is 1370. The third-order valence-electron chi connectivity index (χ3n) is 5.94. The van der Waals surface area contributed by atoms with Crippen molar-refractivity contribution in [3.63, 3.8) is 0 Å². The van der Waals surface area contributed by atoms with Gasteiger partial charge in [0.05, 0.1) is 10.4 Å². The lowest BCUT2D eigenvalue weighted by atomic mass is 10.1. The predicted molar refractivity (Wildman–Crippen MR) is 130 cm³/mol. The highest BCUT2D eigenvalue weighted by atomic mass is 32.2. The van der Waals surface area contributed by atoms with E-state index in [0.717, 1.165) is 24.1 Å². The van der Waals surface area contributed by atoms with Crippen LogP contribution in [0.15, 0.2) is 58.2 Å². The number of aromatic nitrogens is 1. The summed E-state index contributed by atoms with van der Waals surface area (Å²) in [4.78, 5) is 27.5. The Balaban J connectivity index is 1.61. The van der Waals surface area contributed by atoms with Crippen LogP contribution >= 0.6 is 0 Å². The predicted octanol–water partition coefficient (Wildman–Crippen LogP) is 2.80. The van der Waals surface area contributed by atoms with Crippen molar-refractivity contribution in [2.24, 2.45) is 0 Å². The molecule has 0 saturated carbocycles. The van der Waals surface area contributed by atoms with E-state index >= 15 is 0 Å². The SMILES string of the molecule is Cc1ccc(NC(=O)Cn2c(=O)ccc3cc(S(=O)(=O)N4CCCC4)ccc32)cc1N(C)C. The van der Waals surface area contributed by atoms with Crippen LogP contribution < -0.4 is 15.8 Å². The summed E-state index contributed by atoms with van der Waals surface area (Å²) in [6, 6.07) is 13.3. The second kappa shape index (κ2) is 8.99. The van der Waals surface area contributed by atoms with Crippen LogP contribution in [0.2, 0.25) is 0 Å². The number of nitrogens with zero attached hydrogens (tertiary/aromatic N) is 3. The molecule has 1 N–H and O–H groups in total. The van der Waals surface area contributed by atoms with Crippen molar-refractivity contribution in [2.45, 2.75) is 31.2 Å². The molecule has 0 bridgehead atoms. The molecule has 0 atom stereocenters. The Morgan fingerprint density at radius 2 is 1.76 bits per heavy atom. The minimum atomic E-state index is -3.57. The summed E-state index contributed by atoms with van der Waals surface area (Å²) in [6.07, 6.45) is 1.72. The fraction of sp³-hybridized carbons (Fsp3) is 0.333. The molecule has 1 aliphatic heterocycles. The van der Waals surface area contributed by atoms with E-state index < -0.39 is 10.0 Å². The molecule has 8 nitrogen and oxygen atoms in total. The van der Waals surface area contributed by atoms with E-state index in [1.54, 1.807) is 18.2 Å². The maximum Gasteiger partial charge on any atom is 0.251 e. The second-order valence-electron chi connectivity index (χ2n) is 8.53. The normalized spacial score (nSPS) is 14.5. The first-order valence-corrected chi connectivity index (χ1v) is 12.3. The van der Waals surface area contributed by atoms with Gasteiger partial charge in [0.15, 0.2) is 0 Å². The van der Waals surface area contributed by atoms with Gasteiger partial charge in [0.25, 0.3) is 5.56 Å². The first kappa shape index (κ1) is 23.0. The maximum absolute atomic E-state index is 12.9. The van der Waals surface area contributed by atoms with Crippen molar-refractivity contribution >= 4 is 38.2 Å². The first-order chi connectivity index (χ1) is 15.7. The number of aryl methyl sites for hydroxylation is 1. The molecule has 33 heavy (non-hydrogen) atoms. The highest BCUT2D eigenvalue weighted by Gasteiger charge is 2.27. The van der Waals surface area contributed by atoms with Crippen LogP contribution in [0.3, 0.4) is 0 Å². The number of amides is 1. The number of hydrogen-bond donors (Lipinski definition) is 1. The van der Waals surface area contributed by atoms with Crippen LogP contribution in [0.25, 0.3) is 10.9 Å². The van der Waals surface area contributed by atoms with Gasteiger partial charge in [-0.1, -0.05) is 6.07 Å². The topological polar surface area (TPSA) is 91.7 Å². The lowest BCUT2D eigenvalue weighted by molar-refractivity contribution is -0.116. The molecule has 174 valence electrons. The molecule has 3 aromatic rings. The minimum Gasteiger partial charge on any atom is -0.377 e. The van der Waals surface area contributed by atoms with Crippen LogP contribution in [0, 0.1) is 6.92 Å². The quantitative estimate of drug-likeness (QED) is 0.601. The van der Waals surface area contributed by atoms with Gasteiger partial charge in [-0.3, -0.25) is 14.2 Å². The average Bonchev–Trinajstić information content (AvgIpc) is 3.32. The van der Waals surface area contributed by atoms with Crippen molar-refractivity contribution in [2.75, 3.05) is 37.4 Å². The van der Waals surface area contributed by atoms with E-state index in [1.807, 2.05) is 44.1 Å². The molecule has 1 saturated heterocycles. The van der Waals surface area contributed by atoms with Gasteiger partial charge in [-0.2, -0.15) is 4.31 Å². The molecule has 9 heteroatoms. The standard InChI is InChI=1S/C24H28N4O4S/c1-17-6-8-19(15-22(17)26(2)3)25-23(29)16-28-21-10-9-20(14-18(21)7-11-24(28)30)33(31,32)27-12-4-5-13-27/h6-11,14-15H,4-5,12-13,16H2,1-3H3,(H,25,29). The molecule has 0 radical (unpaired) electrons. The van der Waals surface area contributed by atoms with Crippen LogP contribution in [0.1, 0.15) is 18.4 Å². The molecular weight excluding hydrogens is 440 g/mol. The smallest absolute Gasteiger partial charge is 0.251 e. The minimum absolute atomic E-state index is 0.181. The molecular formula is C24H28N4O4S. The number of fused-ring (bicyclic) bond motifs is 1. The van der Waals surface area contributed by atoms with Gasteiger partial charge < -0.3 is 10.2 Å². The molecule has 2 heterocycles. The molecule has 1 aromatic heterocycles. The Morgan fingerprint density at radius 1 is 1.03 bits per heavy atom. The lowest BCUT2D eigenvalue weighted by Gasteiger charge is -2.18. The summed E-state index contributed by atoms with van der Waals surface area (Å²) in [5.41, 5.74) is 2.90. The summed E-state index contributed by atoms with van der Waals surface area (Å²) >= 11 is 0. The number of nitrogens with one attached hydrogen (secondary N) is 1. The summed E-state index contributed by atoms with van der Waals surface area (Å²) in [6.45, 7) is 2.86. The van der Waals surface area contributed by atoms with Gasteiger partial charge in [-0.15, -0.1) is 0 Å². The maximum atomic E-state index is 12.9. The van der Waals surface area contributed by atoms with Crippen molar-refractivity contribution in [1.82, 2.24) is 8.87 Å². The number of hydrogen-bond acceptors (Lipinski definition) is 5. The number of sulfonamides is 1. The zero-order chi connectivity index (χ0) is 23.8. The van der Waals surface area contributed by atoms with Gasteiger partial charge in [-0.05, 0) is 67.1 Å². The van der Waals surface area contributed by atoms with Crippen LogP contribution in [-0.2, 0) is 21.4 Å². The highest BCUT2D eigenvalue weighted by molar-refractivity contribution is 7.89. The molecule has 1 amide bonds. The molecule has 2 aromatic carbocycles. The van der Waals surface area contributed by atoms with Gasteiger partial charge in [-0.25, -0.2) is 8.42 Å². The van der Waals surface area contributed by atoms with Crippen LogP contribution in [-0.4, -0.2) is 50.4 Å². The average molecular weight is 469 g/mol. The number of anilines is 2. The summed E-state index contributed by atoms with van der Waals surface area (Å²) in [7, 11) is 0.296. The lowest BCUT2D eigenvalue weighted by Crippen LogP contribution is -2.28. The monoisotopic (exact) mass is 468 g/mol. The molecule has 0 unspecified atom stereocenters. The number of rotatable bonds is 6. The number of benzene rings is 2. The molecule has 0 spiro atoms. The number of carbonyl (C=O) groups is 1. The Hall–Kier alpha value is -3.17. The largest absolute Gasteiger partial charge is 0.377 e. The number of pyridine rings is 1. The van der Waals surface area contributed by atoms with Gasteiger partial charge in [0, 0.05) is 44.6 Å². The second-order valence-corrected chi connectivity index (χ2v) is 10.5. The van der Waals surface area contributed by atoms with Gasteiger partial charge in [0.1, 0.15) is 6.54 Å². The highest BCUT2D eigenvalue weighted by Crippen LogP contribution is 2.25. The summed E-state index contributed by atoms with van der Waals surface area (Å²) in [5.74, 6) is -0.341. The van der Waals surface area contributed by atoms with E-state index in [-0.39, 0.29) is 22.9 Å². The summed E-state index contributed by atoms with van der Waals surface area (Å²) < 4.78 is 28.6. The van der Waals surface area contributed by atoms with Gasteiger partial charge in [0.2, 0.25) is 15.9 Å². The Labute approximate surface area is 193 Å². The van der Waals surface area contributed by atoms with Crippen molar-refractivity contribution < 1.29 is 13.2 Å². The Morgan fingerprint density at radius 3 is 2.45 bits per heavy atom. The van der Waals surface area contributed by atoms with E-state index in [1.165, 1.54) is 21.0 Å². The van der Waals surface area contributed by atoms with Crippen molar-refractivity contribution in [1.29, 1.82) is 0 Å². The first-order valence-electron chi connectivity index (χ1n) is 10.9. The third-order valence-corrected chi connectivity index (χ3v) is 7.84. The number of carbonyl (C=O) groups excluding carboxylic acids is 1. The fourth-order valence-electron chi connectivity index (χ4n) is 4.20. The van der Waals surface area contributed by atoms with Crippen molar-refractivity contribution in [3.05, 3.63) is 64.4 Å². The van der Waals surface area contributed by atoms with Crippen LogP contribution in [0.4, 0.5) is 11.4 Å². The van der Waals surface area contributed by atoms with E-state index in [2.05, 4.69) is 5.32 Å². The summed E-state index contributed by atoms with van der Waals surface area (Å²) in [5, 5.41) is 3.44. The molecule has 1 fully saturated rings.